The monoisotopic (exact) mass is 376 g/mol. The van der Waals surface area contributed by atoms with Crippen LogP contribution in [0, 0.1) is 19.3 Å². The molecule has 2 amide bonds. The third-order valence-electron chi connectivity index (χ3n) is 4.67. The first kappa shape index (κ1) is 17.8. The molecule has 6 heteroatoms. The fraction of sp³-hybridized carbons (Fsp3) is 0.263. The molecule has 3 rings (SSSR count). The van der Waals surface area contributed by atoms with E-state index in [1.54, 1.807) is 18.2 Å². The van der Waals surface area contributed by atoms with E-state index >= 15 is 0 Å². The van der Waals surface area contributed by atoms with Crippen molar-refractivity contribution in [3.8, 4) is 0 Å². The van der Waals surface area contributed by atoms with Gasteiger partial charge in [0.25, 0.3) is 0 Å². The molecule has 0 bridgehead atoms. The molecule has 2 N–H and O–H groups in total. The molecule has 0 aromatic heterocycles. The van der Waals surface area contributed by atoms with E-state index in [9.17, 15) is 9.59 Å². The van der Waals surface area contributed by atoms with E-state index in [-0.39, 0.29) is 11.8 Å². The maximum Gasteiger partial charge on any atom is 0.240 e. The number of nitrogens with one attached hydrogen (secondary N) is 2. The summed E-state index contributed by atoms with van der Waals surface area (Å²) < 4.78 is 0. The van der Waals surface area contributed by atoms with Crippen LogP contribution in [0.2, 0.25) is 10.0 Å². The summed E-state index contributed by atoms with van der Waals surface area (Å²) in [4.78, 5) is 25.4. The molecule has 130 valence electrons. The van der Waals surface area contributed by atoms with Crippen molar-refractivity contribution in [2.75, 3.05) is 10.6 Å². The van der Waals surface area contributed by atoms with Crippen molar-refractivity contribution in [3.63, 3.8) is 0 Å². The average Bonchev–Trinajstić information content (AvgIpc) is 3.37. The van der Waals surface area contributed by atoms with Gasteiger partial charge in [-0.05, 0) is 56.0 Å². The Morgan fingerprint density at radius 2 is 1.48 bits per heavy atom. The Hall–Kier alpha value is -2.04. The summed E-state index contributed by atoms with van der Waals surface area (Å²) in [6.45, 7) is 3.91. The molecule has 1 aliphatic rings. The first-order chi connectivity index (χ1) is 11.8. The highest BCUT2D eigenvalue weighted by molar-refractivity contribution is 6.40. The molecule has 2 aromatic rings. The molecule has 1 aliphatic carbocycles. The predicted octanol–water partition coefficient (Wildman–Crippen LogP) is 4.97. The number of rotatable bonds is 4. The summed E-state index contributed by atoms with van der Waals surface area (Å²) in [5, 5.41) is 6.27. The zero-order valence-corrected chi connectivity index (χ0v) is 15.5. The first-order valence-electron chi connectivity index (χ1n) is 7.98. The molecule has 0 atom stereocenters. The Bertz CT molecular complexity index is 840. The lowest BCUT2D eigenvalue weighted by Gasteiger charge is -2.18. The van der Waals surface area contributed by atoms with Crippen LogP contribution in [-0.2, 0) is 9.59 Å². The maximum atomic E-state index is 12.7. The number of benzene rings is 2. The predicted molar refractivity (Wildman–Crippen MR) is 101 cm³/mol. The number of halogens is 2. The minimum atomic E-state index is -1.07. The summed E-state index contributed by atoms with van der Waals surface area (Å²) in [6, 6.07) is 10.7. The van der Waals surface area contributed by atoms with Crippen molar-refractivity contribution in [2.45, 2.75) is 26.7 Å². The molecule has 2 aromatic carbocycles. The summed E-state index contributed by atoms with van der Waals surface area (Å²) in [7, 11) is 0. The third kappa shape index (κ3) is 3.37. The van der Waals surface area contributed by atoms with Crippen LogP contribution >= 0.6 is 23.2 Å². The first-order valence-corrected chi connectivity index (χ1v) is 8.74. The summed E-state index contributed by atoms with van der Waals surface area (Å²) >= 11 is 12.2. The third-order valence-corrected chi connectivity index (χ3v) is 5.30. The molecule has 0 aliphatic heterocycles. The zero-order valence-electron chi connectivity index (χ0n) is 14.0. The van der Waals surface area contributed by atoms with Crippen LogP contribution in [0.4, 0.5) is 11.4 Å². The highest BCUT2D eigenvalue weighted by Gasteiger charge is 2.56. The standard InChI is InChI=1S/C19H18Cl2N2O2/c1-11-5-3-8-15(12(11)2)22-17(24)19(9-10-19)18(25)23-16-13(20)6-4-7-14(16)21/h3-8H,9-10H2,1-2H3,(H,22,24)(H,23,25). The van der Waals surface area contributed by atoms with Gasteiger partial charge in [0.2, 0.25) is 11.8 Å². The van der Waals surface area contributed by atoms with Crippen molar-refractivity contribution < 1.29 is 9.59 Å². The maximum absolute atomic E-state index is 12.7. The van der Waals surface area contributed by atoms with Crippen LogP contribution in [-0.4, -0.2) is 11.8 Å². The van der Waals surface area contributed by atoms with Gasteiger partial charge in [-0.2, -0.15) is 0 Å². The summed E-state index contributed by atoms with van der Waals surface area (Å²) in [5.74, 6) is -0.688. The smallest absolute Gasteiger partial charge is 0.240 e. The van der Waals surface area contributed by atoms with E-state index < -0.39 is 5.41 Å². The number of para-hydroxylation sites is 1. The highest BCUT2D eigenvalue weighted by Crippen LogP contribution is 2.48. The number of anilines is 2. The number of carbonyl (C=O) groups is 2. The molecular weight excluding hydrogens is 359 g/mol. The fourth-order valence-corrected chi connectivity index (χ4v) is 3.15. The van der Waals surface area contributed by atoms with Gasteiger partial charge in [0.05, 0.1) is 15.7 Å². The Morgan fingerprint density at radius 1 is 0.920 bits per heavy atom. The number of amides is 2. The van der Waals surface area contributed by atoms with Gasteiger partial charge in [-0.3, -0.25) is 9.59 Å². The molecule has 0 saturated heterocycles. The quantitative estimate of drug-likeness (QED) is 0.740. The van der Waals surface area contributed by atoms with Crippen molar-refractivity contribution in [1.29, 1.82) is 0 Å². The molecule has 0 spiro atoms. The zero-order chi connectivity index (χ0) is 18.2. The average molecular weight is 377 g/mol. The van der Waals surface area contributed by atoms with Gasteiger partial charge in [-0.25, -0.2) is 0 Å². The van der Waals surface area contributed by atoms with Crippen LogP contribution in [0.1, 0.15) is 24.0 Å². The molecule has 0 unspecified atom stereocenters. The van der Waals surface area contributed by atoms with Gasteiger partial charge in [-0.1, -0.05) is 41.4 Å². The second-order valence-electron chi connectivity index (χ2n) is 6.33. The Morgan fingerprint density at radius 3 is 2.08 bits per heavy atom. The topological polar surface area (TPSA) is 58.2 Å². The van der Waals surface area contributed by atoms with Crippen LogP contribution in [0.5, 0.6) is 0 Å². The summed E-state index contributed by atoms with van der Waals surface area (Å²) in [5.41, 5.74) is 2.05. The van der Waals surface area contributed by atoms with Gasteiger partial charge < -0.3 is 10.6 Å². The second-order valence-corrected chi connectivity index (χ2v) is 7.15. The van der Waals surface area contributed by atoms with Gasteiger partial charge in [0, 0.05) is 5.69 Å². The Labute approximate surface area is 156 Å². The van der Waals surface area contributed by atoms with E-state index in [2.05, 4.69) is 10.6 Å². The Balaban J connectivity index is 1.78. The van der Waals surface area contributed by atoms with Gasteiger partial charge in [0.15, 0.2) is 0 Å². The van der Waals surface area contributed by atoms with Crippen molar-refractivity contribution in [3.05, 3.63) is 57.6 Å². The normalized spacial score (nSPS) is 14.7. The van der Waals surface area contributed by atoms with Crippen LogP contribution in [0.15, 0.2) is 36.4 Å². The SMILES string of the molecule is Cc1cccc(NC(=O)C2(C(=O)Nc3c(Cl)cccc3Cl)CC2)c1C. The van der Waals surface area contributed by atoms with Crippen LogP contribution in [0.25, 0.3) is 0 Å². The Kier molecular flexibility index (Phi) is 4.76. The van der Waals surface area contributed by atoms with E-state index in [0.29, 0.717) is 28.6 Å². The minimum absolute atomic E-state index is 0.304. The largest absolute Gasteiger partial charge is 0.325 e. The molecule has 25 heavy (non-hydrogen) atoms. The van der Waals surface area contributed by atoms with Crippen molar-refractivity contribution in [1.82, 2.24) is 0 Å². The minimum Gasteiger partial charge on any atom is -0.325 e. The van der Waals surface area contributed by atoms with Crippen LogP contribution in [0.3, 0.4) is 0 Å². The number of aryl methyl sites for hydroxylation is 1. The van der Waals surface area contributed by atoms with E-state index in [1.165, 1.54) is 0 Å². The van der Waals surface area contributed by atoms with Gasteiger partial charge >= 0.3 is 0 Å². The van der Waals surface area contributed by atoms with Crippen molar-refractivity contribution >= 4 is 46.4 Å². The number of carbonyl (C=O) groups excluding carboxylic acids is 2. The fourth-order valence-electron chi connectivity index (χ4n) is 2.66. The van der Waals surface area contributed by atoms with E-state index in [1.807, 2.05) is 32.0 Å². The number of hydrogen-bond acceptors (Lipinski definition) is 2. The lowest BCUT2D eigenvalue weighted by Crippen LogP contribution is -2.36. The molecule has 1 saturated carbocycles. The van der Waals surface area contributed by atoms with E-state index in [4.69, 9.17) is 23.2 Å². The van der Waals surface area contributed by atoms with Crippen molar-refractivity contribution in [2.24, 2.45) is 5.41 Å². The molecule has 0 heterocycles. The molecular formula is C19H18Cl2N2O2. The van der Waals surface area contributed by atoms with Gasteiger partial charge in [0.1, 0.15) is 5.41 Å². The second kappa shape index (κ2) is 6.70. The number of hydrogen-bond donors (Lipinski definition) is 2. The van der Waals surface area contributed by atoms with E-state index in [0.717, 1.165) is 16.8 Å². The molecule has 4 nitrogen and oxygen atoms in total. The molecule has 0 radical (unpaired) electrons. The van der Waals surface area contributed by atoms with Crippen LogP contribution < -0.4 is 10.6 Å². The molecule has 1 fully saturated rings. The lowest BCUT2D eigenvalue weighted by molar-refractivity contribution is -0.131. The van der Waals surface area contributed by atoms with Gasteiger partial charge in [-0.15, -0.1) is 0 Å². The summed E-state index contributed by atoms with van der Waals surface area (Å²) in [6.07, 6.45) is 0.995. The lowest BCUT2D eigenvalue weighted by atomic mass is 10.0. The highest BCUT2D eigenvalue weighted by atomic mass is 35.5.